The summed E-state index contributed by atoms with van der Waals surface area (Å²) in [6, 6.07) is 0. The molecule has 1 saturated carbocycles. The molecule has 5 nitrogen and oxygen atoms in total. The fourth-order valence-corrected chi connectivity index (χ4v) is 2.65. The van der Waals surface area contributed by atoms with Gasteiger partial charge in [0.05, 0.1) is 19.5 Å². The van der Waals surface area contributed by atoms with E-state index in [4.69, 9.17) is 13.7 Å². The summed E-state index contributed by atoms with van der Waals surface area (Å²) in [5.41, 5.74) is 0. The van der Waals surface area contributed by atoms with Crippen molar-refractivity contribution in [3.63, 3.8) is 0 Å². The van der Waals surface area contributed by atoms with Gasteiger partial charge in [0.2, 0.25) is 0 Å². The highest BCUT2D eigenvalue weighted by Crippen LogP contribution is 2.37. The first-order chi connectivity index (χ1) is 7.49. The molecule has 0 amide bonds. The Morgan fingerprint density at radius 1 is 1.31 bits per heavy atom. The second kappa shape index (κ2) is 4.60. The van der Waals surface area contributed by atoms with Crippen LogP contribution in [0.25, 0.3) is 0 Å². The summed E-state index contributed by atoms with van der Waals surface area (Å²) >= 11 is 0. The maximum atomic E-state index is 10.8. The highest BCUT2D eigenvalue weighted by atomic mass is 32.2. The smallest absolute Gasteiger partial charge is 0.264 e. The molecule has 1 atom stereocenters. The van der Waals surface area contributed by atoms with Gasteiger partial charge in [-0.25, -0.2) is 0 Å². The van der Waals surface area contributed by atoms with E-state index in [1.165, 1.54) is 6.42 Å². The average Bonchev–Trinajstić information content (AvgIpc) is 2.59. The zero-order chi connectivity index (χ0) is 11.6. The summed E-state index contributed by atoms with van der Waals surface area (Å²) in [7, 11) is -3.39. The number of hydrogen-bond acceptors (Lipinski definition) is 5. The van der Waals surface area contributed by atoms with Gasteiger partial charge in [-0.05, 0) is 12.8 Å². The molecule has 1 aliphatic heterocycles. The molecule has 1 spiro atoms. The lowest BCUT2D eigenvalue weighted by atomic mass is 9.94. The maximum Gasteiger partial charge on any atom is 0.264 e. The van der Waals surface area contributed by atoms with Crippen LogP contribution in [0.2, 0.25) is 0 Å². The molecule has 2 aliphatic rings. The van der Waals surface area contributed by atoms with Gasteiger partial charge in [-0.1, -0.05) is 6.42 Å². The first-order valence-corrected chi connectivity index (χ1v) is 7.47. The summed E-state index contributed by atoms with van der Waals surface area (Å²) in [6.07, 6.45) is 6.04. The Hall–Kier alpha value is -0.170. The van der Waals surface area contributed by atoms with Crippen molar-refractivity contribution >= 4 is 10.1 Å². The van der Waals surface area contributed by atoms with Crippen LogP contribution < -0.4 is 0 Å². The molecular weight excluding hydrogens is 232 g/mol. The molecule has 16 heavy (non-hydrogen) atoms. The van der Waals surface area contributed by atoms with Crippen molar-refractivity contribution in [1.82, 2.24) is 0 Å². The lowest BCUT2D eigenvalue weighted by Gasteiger charge is -2.31. The van der Waals surface area contributed by atoms with E-state index in [0.717, 1.165) is 31.9 Å². The van der Waals surface area contributed by atoms with E-state index in [1.807, 2.05) is 0 Å². The van der Waals surface area contributed by atoms with Crippen molar-refractivity contribution in [2.75, 3.05) is 19.5 Å². The zero-order valence-corrected chi connectivity index (χ0v) is 10.3. The van der Waals surface area contributed by atoms with Crippen molar-refractivity contribution in [3.05, 3.63) is 0 Å². The molecule has 6 heteroatoms. The van der Waals surface area contributed by atoms with Crippen LogP contribution in [-0.4, -0.2) is 39.8 Å². The van der Waals surface area contributed by atoms with Crippen LogP contribution in [-0.2, 0) is 23.8 Å². The minimum Gasteiger partial charge on any atom is -0.347 e. The molecule has 94 valence electrons. The van der Waals surface area contributed by atoms with Crippen LogP contribution >= 0.6 is 0 Å². The molecule has 0 N–H and O–H groups in total. The lowest BCUT2D eigenvalue weighted by molar-refractivity contribution is -0.189. The molecule has 2 fully saturated rings. The van der Waals surface area contributed by atoms with Crippen LogP contribution in [0, 0.1) is 0 Å². The first kappa shape index (κ1) is 12.3. The molecule has 2 rings (SSSR count). The predicted octanol–water partition coefficient (Wildman–Crippen LogP) is 1.04. The highest BCUT2D eigenvalue weighted by Gasteiger charge is 2.42. The van der Waals surface area contributed by atoms with E-state index in [-0.39, 0.29) is 12.7 Å². The van der Waals surface area contributed by atoms with Gasteiger partial charge >= 0.3 is 0 Å². The molecule has 0 aromatic rings. The standard InChI is InChI=1S/C10H18O5S/c1-16(11,12)14-8-9-7-13-10(15-9)5-3-2-4-6-10/h9H,2-8H2,1H3. The van der Waals surface area contributed by atoms with E-state index >= 15 is 0 Å². The average molecular weight is 250 g/mol. The van der Waals surface area contributed by atoms with Crippen molar-refractivity contribution in [2.45, 2.75) is 44.0 Å². The molecule has 1 heterocycles. The van der Waals surface area contributed by atoms with Gasteiger partial charge in [0.15, 0.2) is 5.79 Å². The molecule has 0 radical (unpaired) electrons. The molecule has 1 saturated heterocycles. The minimum atomic E-state index is -3.39. The fourth-order valence-electron chi connectivity index (χ4n) is 2.25. The number of ether oxygens (including phenoxy) is 2. The van der Waals surface area contributed by atoms with Crippen molar-refractivity contribution in [2.24, 2.45) is 0 Å². The zero-order valence-electron chi connectivity index (χ0n) is 9.48. The normalized spacial score (nSPS) is 29.7. The molecule has 1 unspecified atom stereocenters. The van der Waals surface area contributed by atoms with Gasteiger partial charge in [-0.15, -0.1) is 0 Å². The second-order valence-electron chi connectivity index (χ2n) is 4.51. The first-order valence-electron chi connectivity index (χ1n) is 5.65. The number of rotatable bonds is 3. The van der Waals surface area contributed by atoms with Crippen molar-refractivity contribution in [1.29, 1.82) is 0 Å². The largest absolute Gasteiger partial charge is 0.347 e. The summed E-state index contributed by atoms with van der Waals surface area (Å²) in [4.78, 5) is 0. The third-order valence-corrected chi connectivity index (χ3v) is 3.56. The van der Waals surface area contributed by atoms with E-state index in [0.29, 0.717) is 6.61 Å². The van der Waals surface area contributed by atoms with Crippen molar-refractivity contribution in [3.8, 4) is 0 Å². The summed E-state index contributed by atoms with van der Waals surface area (Å²) < 4.78 is 37.8. The topological polar surface area (TPSA) is 61.8 Å². The minimum absolute atomic E-state index is 0.0561. The maximum absolute atomic E-state index is 10.8. The Labute approximate surface area is 96.2 Å². The van der Waals surface area contributed by atoms with Crippen LogP contribution in [0.3, 0.4) is 0 Å². The molecule has 0 aromatic carbocycles. The molecule has 0 bridgehead atoms. The SMILES string of the molecule is CS(=O)(=O)OCC1COC2(CCCCC2)O1. The van der Waals surface area contributed by atoms with Gasteiger partial charge in [-0.2, -0.15) is 8.42 Å². The third kappa shape index (κ3) is 3.16. The van der Waals surface area contributed by atoms with Gasteiger partial charge in [0, 0.05) is 12.8 Å². The van der Waals surface area contributed by atoms with E-state index in [1.54, 1.807) is 0 Å². The monoisotopic (exact) mass is 250 g/mol. The van der Waals surface area contributed by atoms with Crippen LogP contribution in [0.5, 0.6) is 0 Å². The Bertz CT molecular complexity index is 331. The quantitative estimate of drug-likeness (QED) is 0.700. The fraction of sp³-hybridized carbons (Fsp3) is 1.00. The molecule has 0 aromatic heterocycles. The van der Waals surface area contributed by atoms with E-state index in [9.17, 15) is 8.42 Å². The second-order valence-corrected chi connectivity index (χ2v) is 6.15. The molecule has 1 aliphatic carbocycles. The van der Waals surface area contributed by atoms with Crippen LogP contribution in [0.4, 0.5) is 0 Å². The Balaban J connectivity index is 1.83. The summed E-state index contributed by atoms with van der Waals surface area (Å²) in [6.45, 7) is 0.482. The van der Waals surface area contributed by atoms with Gasteiger partial charge < -0.3 is 9.47 Å². The summed E-state index contributed by atoms with van der Waals surface area (Å²) in [5.74, 6) is -0.455. The van der Waals surface area contributed by atoms with Crippen molar-refractivity contribution < 1.29 is 22.1 Å². The Kier molecular flexibility index (Phi) is 3.53. The lowest BCUT2D eigenvalue weighted by Crippen LogP contribution is -2.34. The third-order valence-electron chi connectivity index (χ3n) is 3.00. The molecular formula is C10H18O5S. The van der Waals surface area contributed by atoms with Crippen LogP contribution in [0.1, 0.15) is 32.1 Å². The predicted molar refractivity (Wildman–Crippen MR) is 57.4 cm³/mol. The van der Waals surface area contributed by atoms with E-state index < -0.39 is 15.9 Å². The van der Waals surface area contributed by atoms with E-state index in [2.05, 4.69) is 0 Å². The Morgan fingerprint density at radius 3 is 2.62 bits per heavy atom. The highest BCUT2D eigenvalue weighted by molar-refractivity contribution is 7.85. The van der Waals surface area contributed by atoms with Gasteiger partial charge in [0.1, 0.15) is 6.10 Å². The van der Waals surface area contributed by atoms with Crippen LogP contribution in [0.15, 0.2) is 0 Å². The summed E-state index contributed by atoms with van der Waals surface area (Å²) in [5, 5.41) is 0. The van der Waals surface area contributed by atoms with Gasteiger partial charge in [0.25, 0.3) is 10.1 Å². The van der Waals surface area contributed by atoms with Gasteiger partial charge in [-0.3, -0.25) is 4.18 Å². The Morgan fingerprint density at radius 2 is 2.00 bits per heavy atom. The number of hydrogen-bond donors (Lipinski definition) is 0.